The van der Waals surface area contributed by atoms with E-state index in [2.05, 4.69) is 10.0 Å². The van der Waals surface area contributed by atoms with Crippen molar-refractivity contribution in [2.45, 2.75) is 26.3 Å². The second kappa shape index (κ2) is 4.57. The summed E-state index contributed by atoms with van der Waals surface area (Å²) < 4.78 is 0. The lowest BCUT2D eigenvalue weighted by atomic mass is 10.0. The Morgan fingerprint density at radius 1 is 1.82 bits per heavy atom. The van der Waals surface area contributed by atoms with E-state index in [4.69, 9.17) is 10.6 Å². The number of aliphatic carboxylic acids is 1. The highest BCUT2D eigenvalue weighted by Crippen LogP contribution is 2.11. The zero-order valence-electron chi connectivity index (χ0n) is 6.56. The van der Waals surface area contributed by atoms with Crippen LogP contribution in [0.5, 0.6) is 0 Å². The van der Waals surface area contributed by atoms with Gasteiger partial charge in [0.15, 0.2) is 0 Å². The van der Waals surface area contributed by atoms with Crippen molar-refractivity contribution in [2.24, 2.45) is 11.0 Å². The fraction of sp³-hybridized carbons (Fsp3) is 0.833. The van der Waals surface area contributed by atoms with Gasteiger partial charge < -0.3 is 5.11 Å². The largest absolute Gasteiger partial charge is 0.481 e. The predicted octanol–water partition coefficient (Wildman–Crippen LogP) is 1.80. The van der Waals surface area contributed by atoms with E-state index in [1.807, 2.05) is 6.92 Å². The molecule has 0 aliphatic carbocycles. The summed E-state index contributed by atoms with van der Waals surface area (Å²) in [6.07, 6.45) is 0.690. The molecule has 0 fully saturated rings. The Hall–Kier alpha value is -1.22. The topological polar surface area (TPSA) is 86.1 Å². The highest BCUT2D eigenvalue weighted by atomic mass is 16.4. The summed E-state index contributed by atoms with van der Waals surface area (Å²) in [5.41, 5.74) is 8.02. The normalized spacial score (nSPS) is 14.7. The van der Waals surface area contributed by atoms with E-state index >= 15 is 0 Å². The Labute approximate surface area is 64.7 Å². The van der Waals surface area contributed by atoms with Gasteiger partial charge in [0.05, 0.1) is 0 Å². The van der Waals surface area contributed by atoms with E-state index < -0.39 is 12.0 Å². The maximum Gasteiger partial charge on any atom is 0.312 e. The third-order valence-corrected chi connectivity index (χ3v) is 1.61. The summed E-state index contributed by atoms with van der Waals surface area (Å²) in [5.74, 6) is -1.17. The zero-order chi connectivity index (χ0) is 8.85. The molecule has 1 N–H and O–H groups in total. The van der Waals surface area contributed by atoms with Gasteiger partial charge in [-0.3, -0.25) is 4.79 Å². The van der Waals surface area contributed by atoms with Gasteiger partial charge in [0.25, 0.3) is 0 Å². The smallest absolute Gasteiger partial charge is 0.312 e. The first-order valence-electron chi connectivity index (χ1n) is 3.40. The molecule has 1 unspecified atom stereocenters. The van der Waals surface area contributed by atoms with E-state index in [9.17, 15) is 4.79 Å². The zero-order valence-corrected chi connectivity index (χ0v) is 6.56. The highest BCUT2D eigenvalue weighted by molar-refractivity contribution is 5.73. The Bertz CT molecular complexity index is 184. The van der Waals surface area contributed by atoms with Crippen LogP contribution in [0.15, 0.2) is 5.11 Å². The molecule has 2 atom stereocenters. The molecule has 0 radical (unpaired) electrons. The van der Waals surface area contributed by atoms with Gasteiger partial charge in [0, 0.05) is 4.91 Å². The summed E-state index contributed by atoms with van der Waals surface area (Å²) in [6.45, 7) is 3.60. The van der Waals surface area contributed by atoms with Crippen LogP contribution in [0.3, 0.4) is 0 Å². The average molecular weight is 157 g/mol. The lowest BCUT2D eigenvalue weighted by molar-refractivity contribution is -0.139. The fourth-order valence-electron chi connectivity index (χ4n) is 0.685. The lowest BCUT2D eigenvalue weighted by Crippen LogP contribution is -2.24. The Kier molecular flexibility index (Phi) is 4.07. The van der Waals surface area contributed by atoms with Gasteiger partial charge in [-0.1, -0.05) is 25.4 Å². The molecule has 0 aliphatic heterocycles. The molecular formula is C6H11N3O2. The monoisotopic (exact) mass is 157 g/mol. The van der Waals surface area contributed by atoms with Gasteiger partial charge in [0.1, 0.15) is 6.04 Å². The fourth-order valence-corrected chi connectivity index (χ4v) is 0.685. The molecule has 0 bridgehead atoms. The number of carboxylic acids is 1. The average Bonchev–Trinajstić information content (AvgIpc) is 1.98. The minimum absolute atomic E-state index is 0.108. The van der Waals surface area contributed by atoms with Crippen molar-refractivity contribution in [1.82, 2.24) is 0 Å². The Morgan fingerprint density at radius 3 is 2.64 bits per heavy atom. The molecule has 5 heteroatoms. The van der Waals surface area contributed by atoms with Crippen LogP contribution in [0.1, 0.15) is 20.3 Å². The summed E-state index contributed by atoms with van der Waals surface area (Å²) in [5, 5.41) is 11.7. The van der Waals surface area contributed by atoms with Gasteiger partial charge in [-0.25, -0.2) is 0 Å². The molecule has 0 aromatic rings. The van der Waals surface area contributed by atoms with E-state index in [0.717, 1.165) is 0 Å². The molecule has 0 aliphatic rings. The van der Waals surface area contributed by atoms with Crippen molar-refractivity contribution in [1.29, 1.82) is 0 Å². The van der Waals surface area contributed by atoms with Crippen molar-refractivity contribution in [3.63, 3.8) is 0 Å². The minimum atomic E-state index is -1.06. The van der Waals surface area contributed by atoms with Crippen molar-refractivity contribution in [2.75, 3.05) is 0 Å². The van der Waals surface area contributed by atoms with Crippen molar-refractivity contribution >= 4 is 5.97 Å². The molecule has 11 heavy (non-hydrogen) atoms. The molecule has 0 spiro atoms. The van der Waals surface area contributed by atoms with Crippen LogP contribution in [0, 0.1) is 5.92 Å². The first-order valence-corrected chi connectivity index (χ1v) is 3.40. The third kappa shape index (κ3) is 2.91. The van der Waals surface area contributed by atoms with Crippen LogP contribution in [0.25, 0.3) is 10.4 Å². The number of hydrogen-bond donors (Lipinski definition) is 1. The Morgan fingerprint density at radius 2 is 2.36 bits per heavy atom. The SMILES string of the molecule is CCC(C)[C@@H](N=[N+]=[N-])C(=O)O. The third-order valence-electron chi connectivity index (χ3n) is 1.61. The van der Waals surface area contributed by atoms with E-state index in [1.165, 1.54) is 0 Å². The number of carboxylic acid groups (broad SMARTS) is 1. The van der Waals surface area contributed by atoms with E-state index in [-0.39, 0.29) is 5.92 Å². The first kappa shape index (κ1) is 9.78. The molecule has 0 amide bonds. The highest BCUT2D eigenvalue weighted by Gasteiger charge is 2.21. The summed E-state index contributed by atoms with van der Waals surface area (Å²) in [7, 11) is 0. The molecule has 0 aromatic heterocycles. The molecule has 62 valence electrons. The molecule has 0 saturated heterocycles. The molecule has 0 heterocycles. The van der Waals surface area contributed by atoms with Crippen LogP contribution in [0.4, 0.5) is 0 Å². The van der Waals surface area contributed by atoms with Gasteiger partial charge in [-0.2, -0.15) is 0 Å². The molecule has 0 rings (SSSR count). The molecule has 0 aromatic carbocycles. The summed E-state index contributed by atoms with van der Waals surface area (Å²) >= 11 is 0. The van der Waals surface area contributed by atoms with Gasteiger partial charge >= 0.3 is 5.97 Å². The van der Waals surface area contributed by atoms with Crippen LogP contribution < -0.4 is 0 Å². The number of hydrogen-bond acceptors (Lipinski definition) is 2. The number of azide groups is 1. The molecular weight excluding hydrogens is 146 g/mol. The number of carbonyl (C=O) groups is 1. The second-order valence-electron chi connectivity index (χ2n) is 2.37. The van der Waals surface area contributed by atoms with E-state index in [0.29, 0.717) is 6.42 Å². The minimum Gasteiger partial charge on any atom is -0.481 e. The van der Waals surface area contributed by atoms with Crippen LogP contribution in [0.2, 0.25) is 0 Å². The summed E-state index contributed by atoms with van der Waals surface area (Å²) in [6, 6.07) is -0.926. The van der Waals surface area contributed by atoms with Gasteiger partial charge in [-0.15, -0.1) is 0 Å². The van der Waals surface area contributed by atoms with Gasteiger partial charge in [-0.05, 0) is 11.4 Å². The quantitative estimate of drug-likeness (QED) is 0.383. The van der Waals surface area contributed by atoms with Gasteiger partial charge in [0.2, 0.25) is 0 Å². The van der Waals surface area contributed by atoms with Crippen molar-refractivity contribution < 1.29 is 9.90 Å². The number of rotatable bonds is 4. The maximum absolute atomic E-state index is 10.4. The van der Waals surface area contributed by atoms with Crippen molar-refractivity contribution in [3.8, 4) is 0 Å². The number of nitrogens with zero attached hydrogens (tertiary/aromatic N) is 3. The van der Waals surface area contributed by atoms with Crippen LogP contribution in [-0.4, -0.2) is 17.1 Å². The van der Waals surface area contributed by atoms with E-state index in [1.54, 1.807) is 6.92 Å². The summed E-state index contributed by atoms with van der Waals surface area (Å²) in [4.78, 5) is 12.9. The van der Waals surface area contributed by atoms with Crippen LogP contribution >= 0.6 is 0 Å². The predicted molar refractivity (Wildman–Crippen MR) is 40.0 cm³/mol. The molecule has 5 nitrogen and oxygen atoms in total. The maximum atomic E-state index is 10.4. The lowest BCUT2D eigenvalue weighted by Gasteiger charge is -2.11. The standard InChI is InChI=1S/C6H11N3O2/c1-3-4(2)5(6(10)11)8-9-7/h4-5H,3H2,1-2H3,(H,10,11)/t4?,5-/m1/s1. The second-order valence-corrected chi connectivity index (χ2v) is 2.37. The first-order chi connectivity index (χ1) is 5.13. The molecule has 0 saturated carbocycles. The Balaban J connectivity index is 4.32. The van der Waals surface area contributed by atoms with Crippen molar-refractivity contribution in [3.05, 3.63) is 10.4 Å². The van der Waals surface area contributed by atoms with Crippen LogP contribution in [-0.2, 0) is 4.79 Å².